The zero-order valence-corrected chi connectivity index (χ0v) is 10.2. The van der Waals surface area contributed by atoms with Crippen molar-refractivity contribution in [1.82, 2.24) is 5.32 Å². The highest BCUT2D eigenvalue weighted by atomic mass is 32.2. The second-order valence-electron chi connectivity index (χ2n) is 3.96. The second kappa shape index (κ2) is 5.23. The first-order valence-electron chi connectivity index (χ1n) is 5.54. The van der Waals surface area contributed by atoms with Gasteiger partial charge >= 0.3 is 0 Å². The average molecular weight is 257 g/mol. The van der Waals surface area contributed by atoms with E-state index in [2.05, 4.69) is 10.3 Å². The minimum absolute atomic E-state index is 0.0680. The third-order valence-corrected chi connectivity index (χ3v) is 3.88. The van der Waals surface area contributed by atoms with Crippen LogP contribution in [0.2, 0.25) is 0 Å². The first kappa shape index (κ1) is 12.6. The van der Waals surface area contributed by atoms with E-state index in [0.717, 1.165) is 6.54 Å². The molecule has 1 saturated heterocycles. The maximum Gasteiger partial charge on any atom is 0.159 e. The van der Waals surface area contributed by atoms with E-state index in [9.17, 15) is 10.2 Å². The molecule has 0 unspecified atom stereocenters. The zero-order valence-electron chi connectivity index (χ0n) is 9.41. The number of hydrogen-bond donors (Lipinski definition) is 3. The molecule has 2 rings (SSSR count). The van der Waals surface area contributed by atoms with Crippen LogP contribution in [0.15, 0.2) is 4.99 Å². The third-order valence-electron chi connectivity index (χ3n) is 2.78. The van der Waals surface area contributed by atoms with E-state index in [1.165, 1.54) is 11.8 Å². The van der Waals surface area contributed by atoms with E-state index in [4.69, 9.17) is 10.00 Å². The van der Waals surface area contributed by atoms with Crippen molar-refractivity contribution in [2.24, 2.45) is 4.99 Å². The Bertz CT molecular complexity index is 357. The van der Waals surface area contributed by atoms with Crippen LogP contribution in [0.5, 0.6) is 0 Å². The molecule has 7 heteroatoms. The molecule has 5 atom stereocenters. The van der Waals surface area contributed by atoms with Gasteiger partial charge in [-0.3, -0.25) is 4.99 Å². The predicted molar refractivity (Wildman–Crippen MR) is 63.4 cm³/mol. The summed E-state index contributed by atoms with van der Waals surface area (Å²) in [6, 6.07) is 1.49. The number of rotatable bonds is 2. The fourth-order valence-corrected chi connectivity index (χ4v) is 3.11. The van der Waals surface area contributed by atoms with Gasteiger partial charge in [0.15, 0.2) is 5.17 Å². The standard InChI is InChI=1S/C10H15N3O3S/c1-2-12-10-13-6-8(15)7(14)5(3-4-11)16-9(6)17-10/h5-9,14-15H,2-3H2,1H3,(H,12,13)/t5-,6+,7-,8-,9+/m1/s1. The summed E-state index contributed by atoms with van der Waals surface area (Å²) in [7, 11) is 0. The Labute approximate surface area is 104 Å². The van der Waals surface area contributed by atoms with Crippen molar-refractivity contribution < 1.29 is 14.9 Å². The van der Waals surface area contributed by atoms with Gasteiger partial charge in [0.2, 0.25) is 0 Å². The number of thioether (sulfide) groups is 1. The van der Waals surface area contributed by atoms with Crippen LogP contribution < -0.4 is 5.32 Å². The average Bonchev–Trinajstić information content (AvgIpc) is 2.69. The summed E-state index contributed by atoms with van der Waals surface area (Å²) in [4.78, 5) is 4.28. The molecule has 0 amide bonds. The molecule has 0 spiro atoms. The first-order chi connectivity index (χ1) is 8.17. The SMILES string of the molecule is CCNC1=N[C@H]2[C@@H](O)[C@H](O)[C@@H](CC#N)O[C@H]2S1. The molecule has 6 nitrogen and oxygen atoms in total. The molecule has 2 aliphatic rings. The number of nitrogens with one attached hydrogen (secondary N) is 1. The lowest BCUT2D eigenvalue weighted by Crippen LogP contribution is -2.54. The molecule has 0 aromatic carbocycles. The maximum absolute atomic E-state index is 9.94. The van der Waals surface area contributed by atoms with E-state index in [-0.39, 0.29) is 11.9 Å². The molecule has 0 aromatic rings. The molecule has 2 aliphatic heterocycles. The summed E-state index contributed by atoms with van der Waals surface area (Å²) in [5.74, 6) is 0. The molecule has 3 N–H and O–H groups in total. The first-order valence-corrected chi connectivity index (χ1v) is 6.42. The molecule has 1 fully saturated rings. The number of fused-ring (bicyclic) bond motifs is 1. The Balaban J connectivity index is 2.07. The van der Waals surface area contributed by atoms with Gasteiger partial charge in [-0.05, 0) is 6.92 Å². The van der Waals surface area contributed by atoms with Crippen molar-refractivity contribution in [3.05, 3.63) is 0 Å². The molecule has 2 heterocycles. The van der Waals surface area contributed by atoms with Gasteiger partial charge in [-0.15, -0.1) is 0 Å². The van der Waals surface area contributed by atoms with E-state index in [1.807, 2.05) is 13.0 Å². The van der Waals surface area contributed by atoms with Gasteiger partial charge in [0.1, 0.15) is 29.8 Å². The molecule has 0 saturated carbocycles. The number of nitrogens with zero attached hydrogens (tertiary/aromatic N) is 2. The van der Waals surface area contributed by atoms with E-state index < -0.39 is 24.4 Å². The Hall–Kier alpha value is -0.810. The van der Waals surface area contributed by atoms with Crippen LogP contribution in [0.4, 0.5) is 0 Å². The summed E-state index contributed by atoms with van der Waals surface area (Å²) in [5.41, 5.74) is -0.319. The van der Waals surface area contributed by atoms with Gasteiger partial charge in [0.25, 0.3) is 0 Å². The van der Waals surface area contributed by atoms with Crippen molar-refractivity contribution in [2.75, 3.05) is 6.54 Å². The van der Waals surface area contributed by atoms with Crippen LogP contribution >= 0.6 is 11.8 Å². The smallest absolute Gasteiger partial charge is 0.159 e. The van der Waals surface area contributed by atoms with Crippen LogP contribution in [0.3, 0.4) is 0 Å². The summed E-state index contributed by atoms with van der Waals surface area (Å²) >= 11 is 1.39. The molecule has 0 aromatic heterocycles. The predicted octanol–water partition coefficient (Wildman–Crippen LogP) is -0.572. The maximum atomic E-state index is 9.94. The molecule has 94 valence electrons. The number of aliphatic imine (C=N–C) groups is 1. The van der Waals surface area contributed by atoms with Crippen LogP contribution in [0.1, 0.15) is 13.3 Å². The van der Waals surface area contributed by atoms with Crippen molar-refractivity contribution in [3.8, 4) is 6.07 Å². The van der Waals surface area contributed by atoms with Crippen molar-refractivity contribution in [1.29, 1.82) is 5.26 Å². The van der Waals surface area contributed by atoms with Gasteiger partial charge in [-0.1, -0.05) is 11.8 Å². The lowest BCUT2D eigenvalue weighted by molar-refractivity contribution is -0.150. The summed E-state index contributed by atoms with van der Waals surface area (Å²) in [6.45, 7) is 2.70. The minimum Gasteiger partial charge on any atom is -0.388 e. The van der Waals surface area contributed by atoms with Crippen LogP contribution in [0, 0.1) is 11.3 Å². The largest absolute Gasteiger partial charge is 0.388 e. The van der Waals surface area contributed by atoms with Crippen LogP contribution in [0.25, 0.3) is 0 Å². The fourth-order valence-electron chi connectivity index (χ4n) is 1.92. The van der Waals surface area contributed by atoms with Crippen molar-refractivity contribution >= 4 is 16.9 Å². The molecule has 0 radical (unpaired) electrons. The monoisotopic (exact) mass is 257 g/mol. The Morgan fingerprint density at radius 3 is 2.94 bits per heavy atom. The molecular weight excluding hydrogens is 242 g/mol. The van der Waals surface area contributed by atoms with Crippen LogP contribution in [-0.4, -0.2) is 51.7 Å². The lowest BCUT2D eigenvalue weighted by Gasteiger charge is -2.37. The third kappa shape index (κ3) is 2.40. The Kier molecular flexibility index (Phi) is 3.89. The minimum atomic E-state index is -1.05. The number of nitriles is 1. The van der Waals surface area contributed by atoms with Gasteiger partial charge in [0, 0.05) is 6.54 Å². The summed E-state index contributed by atoms with van der Waals surface area (Å²) < 4.78 is 5.59. The summed E-state index contributed by atoms with van der Waals surface area (Å²) in [6.07, 6.45) is -2.60. The van der Waals surface area contributed by atoms with Crippen molar-refractivity contribution in [2.45, 2.75) is 43.1 Å². The lowest BCUT2D eigenvalue weighted by atomic mass is 9.97. The topological polar surface area (TPSA) is 97.9 Å². The van der Waals surface area contributed by atoms with Gasteiger partial charge in [-0.2, -0.15) is 5.26 Å². The normalized spacial score (nSPS) is 40.4. The fraction of sp³-hybridized carbons (Fsp3) is 0.800. The van der Waals surface area contributed by atoms with E-state index >= 15 is 0 Å². The number of amidine groups is 1. The highest BCUT2D eigenvalue weighted by molar-refractivity contribution is 8.14. The quantitative estimate of drug-likeness (QED) is 0.613. The number of aliphatic hydroxyl groups is 2. The molecular formula is C10H15N3O3S. The van der Waals surface area contributed by atoms with Gasteiger partial charge < -0.3 is 20.3 Å². The van der Waals surface area contributed by atoms with E-state index in [0.29, 0.717) is 5.17 Å². The second-order valence-corrected chi connectivity index (χ2v) is 5.05. The zero-order chi connectivity index (χ0) is 12.4. The van der Waals surface area contributed by atoms with E-state index in [1.54, 1.807) is 0 Å². The highest BCUT2D eigenvalue weighted by Gasteiger charge is 2.47. The number of hydrogen-bond acceptors (Lipinski definition) is 7. The van der Waals surface area contributed by atoms with Gasteiger partial charge in [-0.25, -0.2) is 0 Å². The van der Waals surface area contributed by atoms with Gasteiger partial charge in [0.05, 0.1) is 12.5 Å². The molecule has 0 bridgehead atoms. The van der Waals surface area contributed by atoms with Crippen LogP contribution in [-0.2, 0) is 4.74 Å². The molecule has 17 heavy (non-hydrogen) atoms. The molecule has 0 aliphatic carbocycles. The highest BCUT2D eigenvalue weighted by Crippen LogP contribution is 2.36. The number of ether oxygens (including phenoxy) is 1. The Morgan fingerprint density at radius 2 is 2.29 bits per heavy atom. The number of aliphatic hydroxyl groups excluding tert-OH is 2. The van der Waals surface area contributed by atoms with Crippen molar-refractivity contribution in [3.63, 3.8) is 0 Å². The summed E-state index contributed by atoms with van der Waals surface area (Å²) in [5, 5.41) is 32.2. The Morgan fingerprint density at radius 1 is 1.53 bits per heavy atom.